The van der Waals surface area contributed by atoms with Crippen LogP contribution in [0.4, 0.5) is 0 Å². The minimum Gasteiger partial charge on any atom is -0.456 e. The summed E-state index contributed by atoms with van der Waals surface area (Å²) < 4.78 is 37.1. The number of rotatable bonds is 9. The standard InChI is InChI=1S/C48H78O16/c1-22(2)17-25-19-48(58,43(57)61-25)27-11-15-46(7)26(27)9-10-31-45(6)14-13-32(44(4,5)30(45)12-16-47(31,46)8)62-29-18-24(20-49)34(52)40(64-41-37(55)35(53)28(50)21-59-41)39(29)63-42-38(56)36(54)33(51)23(3)60-42/h17,23-42,49-56,58H,9-16,18-21H2,1-8H3/t23-,24+,25?,26?,27?,28+,29+,30?,31?,32-,33-,34+,35-,36+,37+,38+,39-,40-,41-,42+,45-,46+,47+,48+/m0/s1. The number of ether oxygens (including phenoxy) is 6. The van der Waals surface area contributed by atoms with E-state index in [2.05, 4.69) is 34.6 Å². The van der Waals surface area contributed by atoms with Crippen LogP contribution in [0.2, 0.25) is 0 Å². The van der Waals surface area contributed by atoms with Gasteiger partial charge in [0.05, 0.1) is 31.0 Å². The quantitative estimate of drug-likeness (QED) is 0.118. The maximum absolute atomic E-state index is 13.4. The number of aliphatic hydroxyl groups is 9. The van der Waals surface area contributed by atoms with Crippen molar-refractivity contribution >= 4 is 5.97 Å². The summed E-state index contributed by atoms with van der Waals surface area (Å²) in [5.74, 6) is -0.625. The molecular formula is C48H78O16. The predicted octanol–water partition coefficient (Wildman–Crippen LogP) is 1.85. The van der Waals surface area contributed by atoms with Gasteiger partial charge in [-0.1, -0.05) is 40.2 Å². The van der Waals surface area contributed by atoms with Crippen molar-refractivity contribution in [3.63, 3.8) is 0 Å². The average Bonchev–Trinajstić information content (AvgIpc) is 3.74. The molecule has 8 aliphatic rings. The summed E-state index contributed by atoms with van der Waals surface area (Å²) in [6.07, 6.45) is -9.55. The Morgan fingerprint density at radius 1 is 0.734 bits per heavy atom. The number of allylic oxidation sites excluding steroid dienone is 1. The van der Waals surface area contributed by atoms with Crippen LogP contribution >= 0.6 is 0 Å². The van der Waals surface area contributed by atoms with Crippen LogP contribution in [-0.4, -0.2) is 163 Å². The molecule has 0 bridgehead atoms. The highest BCUT2D eigenvalue weighted by molar-refractivity contribution is 5.82. The van der Waals surface area contributed by atoms with Gasteiger partial charge in [-0.25, -0.2) is 4.79 Å². The zero-order chi connectivity index (χ0) is 46.6. The lowest BCUT2D eigenvalue weighted by Crippen LogP contribution is -2.66. The van der Waals surface area contributed by atoms with E-state index >= 15 is 0 Å². The van der Waals surface area contributed by atoms with E-state index < -0.39 is 115 Å². The third kappa shape index (κ3) is 7.77. The van der Waals surface area contributed by atoms with Gasteiger partial charge in [0.15, 0.2) is 18.2 Å². The first kappa shape index (κ1) is 49.1. The van der Waals surface area contributed by atoms with E-state index in [1.807, 2.05) is 19.9 Å². The second-order valence-corrected chi connectivity index (χ2v) is 23.0. The van der Waals surface area contributed by atoms with E-state index in [4.69, 9.17) is 28.4 Å². The number of hydrogen-bond acceptors (Lipinski definition) is 16. The molecule has 8 rings (SSSR count). The second kappa shape index (κ2) is 17.6. The molecule has 3 saturated heterocycles. The SMILES string of the molecule is CC(C)=CC1C[C@@](O)(C2CC[C@]3(C)C2CCC2[C@@]4(C)CC[C@H](O[C@@H]5C[C@H](CO)[C@@H](O)[C@H](O[C@@H]6OC[C@@H](O)[C@H](O)[C@H]6O)[C@H]5O[C@H]5O[C@@H](C)[C@H](O)[C@@H](O)[C@H]5O)C(C)(C)C4CC[C@]23C)C(=O)O1. The van der Waals surface area contributed by atoms with Gasteiger partial charge in [0.2, 0.25) is 0 Å². The van der Waals surface area contributed by atoms with Gasteiger partial charge >= 0.3 is 5.97 Å². The normalized spacial score (nSPS) is 54.9. The average molecular weight is 911 g/mol. The highest BCUT2D eigenvalue weighted by Gasteiger charge is 2.71. The number of carbonyl (C=O) groups is 1. The molecule has 0 aromatic rings. The summed E-state index contributed by atoms with van der Waals surface area (Å²) in [5, 5.41) is 98.4. The van der Waals surface area contributed by atoms with Gasteiger partial charge in [-0.2, -0.15) is 0 Å². The number of hydrogen-bond donors (Lipinski definition) is 9. The highest BCUT2D eigenvalue weighted by atomic mass is 16.7. The van der Waals surface area contributed by atoms with Gasteiger partial charge in [-0.05, 0) is 124 Å². The Morgan fingerprint density at radius 3 is 2.09 bits per heavy atom. The predicted molar refractivity (Wildman–Crippen MR) is 228 cm³/mol. The van der Waals surface area contributed by atoms with E-state index in [-0.39, 0.29) is 53.1 Å². The number of esters is 1. The van der Waals surface area contributed by atoms with Crippen LogP contribution in [0, 0.1) is 51.2 Å². The molecule has 5 aliphatic carbocycles. The lowest BCUT2D eigenvalue weighted by Gasteiger charge is -2.70. The number of cyclic esters (lactones) is 1. The van der Waals surface area contributed by atoms with Gasteiger partial charge in [-0.15, -0.1) is 0 Å². The first-order chi connectivity index (χ1) is 29.9. The summed E-state index contributed by atoms with van der Waals surface area (Å²) in [6, 6.07) is 0. The molecule has 3 heterocycles. The molecule has 366 valence electrons. The van der Waals surface area contributed by atoms with Gasteiger partial charge in [0, 0.05) is 24.9 Å². The monoisotopic (exact) mass is 911 g/mol. The molecule has 5 unspecified atom stereocenters. The topological polar surface area (TPSA) is 255 Å². The lowest BCUT2D eigenvalue weighted by molar-refractivity contribution is -0.356. The molecule has 5 saturated carbocycles. The fourth-order valence-electron chi connectivity index (χ4n) is 15.4. The van der Waals surface area contributed by atoms with E-state index in [1.54, 1.807) is 0 Å². The van der Waals surface area contributed by atoms with E-state index in [9.17, 15) is 50.8 Å². The maximum Gasteiger partial charge on any atom is 0.339 e. The molecule has 0 radical (unpaired) electrons. The molecule has 0 spiro atoms. The zero-order valence-electron chi connectivity index (χ0n) is 39.0. The van der Waals surface area contributed by atoms with Crippen molar-refractivity contribution in [2.24, 2.45) is 51.2 Å². The summed E-state index contributed by atoms with van der Waals surface area (Å²) in [6.45, 7) is 16.5. The molecule has 0 aromatic carbocycles. The molecule has 24 atom stereocenters. The molecule has 16 nitrogen and oxygen atoms in total. The minimum atomic E-state index is -1.71. The van der Waals surface area contributed by atoms with Crippen molar-refractivity contribution < 1.29 is 79.2 Å². The van der Waals surface area contributed by atoms with Gasteiger partial charge in [0.1, 0.15) is 54.9 Å². The number of aliphatic hydroxyl groups excluding tert-OH is 8. The van der Waals surface area contributed by atoms with Crippen molar-refractivity contribution in [1.82, 2.24) is 0 Å². The molecule has 64 heavy (non-hydrogen) atoms. The number of carbonyl (C=O) groups excluding carboxylic acids is 1. The van der Waals surface area contributed by atoms with Crippen LogP contribution < -0.4 is 0 Å². The van der Waals surface area contributed by atoms with Crippen molar-refractivity contribution in [3.8, 4) is 0 Å². The molecule has 8 fully saturated rings. The Kier molecular flexibility index (Phi) is 13.5. The van der Waals surface area contributed by atoms with E-state index in [0.717, 1.165) is 50.5 Å². The fraction of sp³-hybridized carbons (Fsp3) is 0.938. The van der Waals surface area contributed by atoms with Crippen molar-refractivity contribution in [2.45, 2.75) is 217 Å². The second-order valence-electron chi connectivity index (χ2n) is 23.0. The molecule has 16 heteroatoms. The zero-order valence-corrected chi connectivity index (χ0v) is 39.0. The Morgan fingerprint density at radius 2 is 1.41 bits per heavy atom. The van der Waals surface area contributed by atoms with Crippen LogP contribution in [0.5, 0.6) is 0 Å². The summed E-state index contributed by atoms with van der Waals surface area (Å²) in [7, 11) is 0. The summed E-state index contributed by atoms with van der Waals surface area (Å²) in [4.78, 5) is 13.4. The van der Waals surface area contributed by atoms with Crippen LogP contribution in [-0.2, 0) is 33.2 Å². The Bertz CT molecular complexity index is 1730. The first-order valence-corrected chi connectivity index (χ1v) is 24.1. The Balaban J connectivity index is 1.05. The van der Waals surface area contributed by atoms with Crippen molar-refractivity contribution in [3.05, 3.63) is 11.6 Å². The van der Waals surface area contributed by atoms with Gasteiger partial charge < -0.3 is 74.4 Å². The van der Waals surface area contributed by atoms with Gasteiger partial charge in [-0.3, -0.25) is 0 Å². The Hall–Kier alpha value is -1.35. The number of fused-ring (bicyclic) bond motifs is 5. The first-order valence-electron chi connectivity index (χ1n) is 24.1. The summed E-state index contributed by atoms with van der Waals surface area (Å²) in [5.41, 5.74) is -1.03. The van der Waals surface area contributed by atoms with Crippen molar-refractivity contribution in [2.75, 3.05) is 13.2 Å². The van der Waals surface area contributed by atoms with Crippen LogP contribution in [0.3, 0.4) is 0 Å². The molecule has 0 amide bonds. The molecule has 0 aromatic heterocycles. The van der Waals surface area contributed by atoms with Gasteiger partial charge in [0.25, 0.3) is 0 Å². The highest BCUT2D eigenvalue weighted by Crippen LogP contribution is 2.76. The van der Waals surface area contributed by atoms with Crippen LogP contribution in [0.25, 0.3) is 0 Å². The lowest BCUT2D eigenvalue weighted by atomic mass is 9.35. The van der Waals surface area contributed by atoms with Crippen LogP contribution in [0.1, 0.15) is 120 Å². The third-order valence-electron chi connectivity index (χ3n) is 19.1. The van der Waals surface area contributed by atoms with Crippen molar-refractivity contribution in [1.29, 1.82) is 0 Å². The van der Waals surface area contributed by atoms with Crippen LogP contribution in [0.15, 0.2) is 11.6 Å². The summed E-state index contributed by atoms with van der Waals surface area (Å²) >= 11 is 0. The Labute approximate surface area is 377 Å². The van der Waals surface area contributed by atoms with E-state index in [1.165, 1.54) is 6.92 Å². The van der Waals surface area contributed by atoms with E-state index in [0.29, 0.717) is 18.8 Å². The minimum absolute atomic E-state index is 0.0410. The molecular weight excluding hydrogens is 833 g/mol. The third-order valence-corrected chi connectivity index (χ3v) is 19.1. The maximum atomic E-state index is 13.4. The smallest absolute Gasteiger partial charge is 0.339 e. The fourth-order valence-corrected chi connectivity index (χ4v) is 15.4. The molecule has 3 aliphatic heterocycles. The largest absolute Gasteiger partial charge is 0.456 e. The molecule has 9 N–H and O–H groups in total.